The molecule has 12 heteroatoms. The molecule has 0 saturated carbocycles. The molecule has 1 atom stereocenters. The summed E-state index contributed by atoms with van der Waals surface area (Å²) in [6.45, 7) is 0. The Balaban J connectivity index is 1.54. The van der Waals surface area contributed by atoms with Gasteiger partial charge in [0.15, 0.2) is 23.3 Å². The molecule has 4 rings (SSSR count). The molecule has 0 saturated heterocycles. The summed E-state index contributed by atoms with van der Waals surface area (Å²) in [4.78, 5) is 25.8. The first-order valence-corrected chi connectivity index (χ1v) is 12.9. The molecule has 4 aromatic rings. The lowest BCUT2D eigenvalue weighted by atomic mass is 10.1. The van der Waals surface area contributed by atoms with Crippen molar-refractivity contribution < 1.29 is 40.3 Å². The van der Waals surface area contributed by atoms with E-state index < -0.39 is 57.8 Å². The van der Waals surface area contributed by atoms with E-state index in [1.807, 2.05) is 30.3 Å². The van der Waals surface area contributed by atoms with Crippen molar-refractivity contribution >= 4 is 41.0 Å². The molecule has 0 bridgehead atoms. The van der Waals surface area contributed by atoms with E-state index in [1.165, 1.54) is 30.3 Å². The smallest absolute Gasteiger partial charge is 0.323 e. The number of hydrogen-bond donors (Lipinski definition) is 2. The Kier molecular flexibility index (Phi) is 9.36. The van der Waals surface area contributed by atoms with Crippen LogP contribution < -0.4 is 10.6 Å². The van der Waals surface area contributed by atoms with Crippen LogP contribution in [0.4, 0.5) is 42.1 Å². The number of halogens is 7. The minimum atomic E-state index is -5.72. The maximum atomic E-state index is 14.4. The average molecular weight is 605 g/mol. The number of rotatable bonds is 8. The number of amides is 2. The highest BCUT2D eigenvalue weighted by molar-refractivity contribution is 8.00. The second-order valence-electron chi connectivity index (χ2n) is 8.66. The fraction of sp³-hybridized carbons (Fsp3) is 0.0667. The van der Waals surface area contributed by atoms with Gasteiger partial charge in [-0.15, -0.1) is 11.8 Å². The average Bonchev–Trinajstić information content (AvgIpc) is 2.97. The monoisotopic (exact) mass is 604 g/mol. The third-order valence-corrected chi connectivity index (χ3v) is 7.00. The summed E-state index contributed by atoms with van der Waals surface area (Å²) in [5, 5.41) is 3.11. The molecule has 0 fully saturated rings. The highest BCUT2D eigenvalue weighted by Crippen LogP contribution is 2.40. The minimum Gasteiger partial charge on any atom is -0.323 e. The Hall–Kier alpha value is -4.58. The lowest BCUT2D eigenvalue weighted by Crippen LogP contribution is -2.23. The lowest BCUT2D eigenvalue weighted by molar-refractivity contribution is -0.143. The normalized spacial score (nSPS) is 12.3. The number of carbonyl (C=O) groups excluding carboxylic acids is 2. The van der Waals surface area contributed by atoms with Crippen molar-refractivity contribution in [3.05, 3.63) is 131 Å². The standard InChI is InChI=1S/C30H19F7N2O2S/c31-23-22(30(35,36)37)24(32)26(34)27(25(23)33)39-29(41)28(18-9-5-2-6-10-18)42-20-14-12-19(13-15-20)38-21(40)16-11-17-7-3-1-4-8-17/h1-16,28H,(H,38,40)(H,39,41)/b16-11+. The van der Waals surface area contributed by atoms with Crippen LogP contribution in [-0.2, 0) is 15.8 Å². The Morgan fingerprint density at radius 2 is 1.26 bits per heavy atom. The zero-order chi connectivity index (χ0) is 30.4. The molecule has 0 radical (unpaired) electrons. The predicted octanol–water partition coefficient (Wildman–Crippen LogP) is 8.39. The molecule has 0 aliphatic carbocycles. The summed E-state index contributed by atoms with van der Waals surface area (Å²) < 4.78 is 95.9. The van der Waals surface area contributed by atoms with Gasteiger partial charge in [0.2, 0.25) is 11.8 Å². The number of nitrogens with one attached hydrogen (secondary N) is 2. The minimum absolute atomic E-state index is 0.317. The first-order valence-electron chi connectivity index (χ1n) is 12.1. The Morgan fingerprint density at radius 3 is 1.81 bits per heavy atom. The van der Waals surface area contributed by atoms with Crippen LogP contribution in [0.5, 0.6) is 0 Å². The summed E-state index contributed by atoms with van der Waals surface area (Å²) in [6.07, 6.45) is -2.74. The van der Waals surface area contributed by atoms with Gasteiger partial charge in [-0.25, -0.2) is 17.6 Å². The number of anilines is 2. The van der Waals surface area contributed by atoms with Gasteiger partial charge in [-0.3, -0.25) is 9.59 Å². The van der Waals surface area contributed by atoms with Crippen LogP contribution in [0, 0.1) is 23.3 Å². The Labute approximate surface area is 239 Å². The van der Waals surface area contributed by atoms with Crippen molar-refractivity contribution in [1.82, 2.24) is 0 Å². The van der Waals surface area contributed by atoms with E-state index in [4.69, 9.17) is 0 Å². The van der Waals surface area contributed by atoms with Crippen molar-refractivity contribution in [2.24, 2.45) is 0 Å². The maximum Gasteiger partial charge on any atom is 0.422 e. The molecule has 1 unspecified atom stereocenters. The zero-order valence-corrected chi connectivity index (χ0v) is 22.0. The molecule has 0 aromatic heterocycles. The van der Waals surface area contributed by atoms with Crippen molar-refractivity contribution in [2.75, 3.05) is 10.6 Å². The molecule has 216 valence electrons. The van der Waals surface area contributed by atoms with Gasteiger partial charge in [0, 0.05) is 16.7 Å². The molecular weight excluding hydrogens is 585 g/mol. The van der Waals surface area contributed by atoms with Crippen LogP contribution >= 0.6 is 11.8 Å². The number of alkyl halides is 3. The second-order valence-corrected chi connectivity index (χ2v) is 9.84. The molecule has 2 N–H and O–H groups in total. The molecule has 0 aliphatic heterocycles. The number of benzene rings is 4. The van der Waals surface area contributed by atoms with Gasteiger partial charge >= 0.3 is 6.18 Å². The van der Waals surface area contributed by atoms with E-state index in [2.05, 4.69) is 5.32 Å². The van der Waals surface area contributed by atoms with Crippen LogP contribution in [0.2, 0.25) is 0 Å². The van der Waals surface area contributed by atoms with Gasteiger partial charge < -0.3 is 10.6 Å². The van der Waals surface area contributed by atoms with Crippen LogP contribution in [0.25, 0.3) is 6.08 Å². The van der Waals surface area contributed by atoms with Gasteiger partial charge in [-0.1, -0.05) is 60.7 Å². The zero-order valence-electron chi connectivity index (χ0n) is 21.2. The lowest BCUT2D eigenvalue weighted by Gasteiger charge is -2.19. The Bertz CT molecular complexity index is 1580. The van der Waals surface area contributed by atoms with Crippen LogP contribution in [-0.4, -0.2) is 11.8 Å². The van der Waals surface area contributed by atoms with Gasteiger partial charge in [-0.05, 0) is 41.5 Å². The fourth-order valence-electron chi connectivity index (χ4n) is 3.75. The van der Waals surface area contributed by atoms with Gasteiger partial charge in [-0.2, -0.15) is 13.2 Å². The summed E-state index contributed by atoms with van der Waals surface area (Å²) in [5.41, 5.74) is -2.87. The quantitative estimate of drug-likeness (QED) is 0.0920. The summed E-state index contributed by atoms with van der Waals surface area (Å²) in [5.74, 6) is -11.7. The van der Waals surface area contributed by atoms with Gasteiger partial charge in [0.25, 0.3) is 0 Å². The first-order chi connectivity index (χ1) is 20.0. The third kappa shape index (κ3) is 7.19. The third-order valence-electron chi connectivity index (χ3n) is 5.74. The number of hydrogen-bond acceptors (Lipinski definition) is 3. The molecule has 0 spiro atoms. The van der Waals surface area contributed by atoms with Crippen molar-refractivity contribution in [2.45, 2.75) is 16.3 Å². The van der Waals surface area contributed by atoms with E-state index >= 15 is 0 Å². The van der Waals surface area contributed by atoms with E-state index in [0.29, 0.717) is 16.1 Å². The topological polar surface area (TPSA) is 58.2 Å². The molecule has 2 amide bonds. The van der Waals surface area contributed by atoms with Crippen molar-refractivity contribution in [3.63, 3.8) is 0 Å². The van der Waals surface area contributed by atoms with Crippen LogP contribution in [0.3, 0.4) is 0 Å². The highest BCUT2D eigenvalue weighted by Gasteiger charge is 2.42. The van der Waals surface area contributed by atoms with Crippen molar-refractivity contribution in [3.8, 4) is 0 Å². The molecule has 0 aliphatic rings. The van der Waals surface area contributed by atoms with E-state index in [0.717, 1.165) is 17.3 Å². The largest absolute Gasteiger partial charge is 0.422 e. The SMILES string of the molecule is O=C(/C=C/c1ccccc1)Nc1ccc(SC(C(=O)Nc2c(F)c(F)c(C(F)(F)F)c(F)c2F)c2ccccc2)cc1. The number of thioether (sulfide) groups is 1. The van der Waals surface area contributed by atoms with E-state index in [-0.39, 0.29) is 0 Å². The first kappa shape index (κ1) is 30.4. The molecular formula is C30H19F7N2O2S. The molecule has 0 heterocycles. The van der Waals surface area contributed by atoms with Crippen molar-refractivity contribution in [1.29, 1.82) is 0 Å². The molecule has 42 heavy (non-hydrogen) atoms. The number of carbonyl (C=O) groups is 2. The predicted molar refractivity (Wildman–Crippen MR) is 145 cm³/mol. The Morgan fingerprint density at radius 1 is 0.714 bits per heavy atom. The fourth-order valence-corrected chi connectivity index (χ4v) is 4.78. The highest BCUT2D eigenvalue weighted by atomic mass is 32.2. The van der Waals surface area contributed by atoms with Crippen LogP contribution in [0.15, 0.2) is 95.9 Å². The molecule has 4 aromatic carbocycles. The second kappa shape index (κ2) is 12.9. The van der Waals surface area contributed by atoms with E-state index in [9.17, 15) is 40.3 Å². The summed E-state index contributed by atoms with van der Waals surface area (Å²) >= 11 is 0.881. The van der Waals surface area contributed by atoms with Gasteiger partial charge in [0.1, 0.15) is 16.5 Å². The summed E-state index contributed by atoms with van der Waals surface area (Å²) in [6, 6.07) is 23.1. The summed E-state index contributed by atoms with van der Waals surface area (Å²) in [7, 11) is 0. The molecule has 4 nitrogen and oxygen atoms in total. The van der Waals surface area contributed by atoms with Gasteiger partial charge in [0.05, 0.1) is 0 Å². The maximum absolute atomic E-state index is 14.4. The van der Waals surface area contributed by atoms with Crippen LogP contribution in [0.1, 0.15) is 21.9 Å². The van der Waals surface area contributed by atoms with E-state index in [1.54, 1.807) is 41.7 Å².